The molecule has 0 saturated heterocycles. The van der Waals surface area contributed by atoms with Crippen LogP contribution in [0.4, 0.5) is 0 Å². The van der Waals surface area contributed by atoms with Gasteiger partial charge in [0.2, 0.25) is 0 Å². The second-order valence-corrected chi connectivity index (χ2v) is 6.39. The van der Waals surface area contributed by atoms with Gasteiger partial charge in [0.25, 0.3) is 0 Å². The second-order valence-electron chi connectivity index (χ2n) is 4.68. The van der Waals surface area contributed by atoms with Gasteiger partial charge in [0, 0.05) is 10.8 Å². The smallest absolute Gasteiger partial charge is 0.346 e. The third kappa shape index (κ3) is 1.29. The van der Waals surface area contributed by atoms with Crippen LogP contribution in [0.3, 0.4) is 0 Å². The fourth-order valence-corrected chi connectivity index (χ4v) is 4.48. The van der Waals surface area contributed by atoms with Gasteiger partial charge in [0.05, 0.1) is 42.6 Å². The fraction of sp³-hybridized carbons (Fsp3) is 0. The molecule has 0 saturated carbocycles. The zero-order chi connectivity index (χ0) is 14.1. The molecule has 21 heavy (non-hydrogen) atoms. The minimum atomic E-state index is -0.615. The third-order valence-electron chi connectivity index (χ3n) is 3.62. The van der Waals surface area contributed by atoms with Gasteiger partial charge in [-0.05, 0) is 12.1 Å². The highest BCUT2D eigenvalue weighted by Crippen LogP contribution is 2.41. The Morgan fingerprint density at radius 1 is 0.810 bits per heavy atom. The zero-order valence-electron chi connectivity index (χ0n) is 10.2. The standard InChI is InChI=1S/C14H4N2O3S2/c17-13-5-1-7-11(20-3-15-7)10-9(5)6(14(18)19-13)2-8-12(10)21-4-16-8/h1-4H. The topological polar surface area (TPSA) is 69.2 Å². The number of esters is 2. The first-order valence-corrected chi connectivity index (χ1v) is 7.82. The van der Waals surface area contributed by atoms with E-state index in [0.29, 0.717) is 16.5 Å². The van der Waals surface area contributed by atoms with Gasteiger partial charge < -0.3 is 4.74 Å². The van der Waals surface area contributed by atoms with E-state index >= 15 is 0 Å². The number of benzene rings is 2. The molecule has 4 aromatic rings. The molecule has 0 unspecified atom stereocenters. The number of cyclic esters (lactones) is 2. The van der Waals surface area contributed by atoms with Gasteiger partial charge in [-0.15, -0.1) is 22.7 Å². The Hall–Kier alpha value is -2.38. The average molecular weight is 312 g/mol. The second kappa shape index (κ2) is 3.63. The van der Waals surface area contributed by atoms with Crippen molar-refractivity contribution in [3.63, 3.8) is 0 Å². The predicted octanol–water partition coefficient (Wildman–Crippen LogP) is 3.37. The fourth-order valence-electron chi connectivity index (χ4n) is 2.77. The number of carbonyl (C=O) groups excluding carboxylic acids is 2. The van der Waals surface area contributed by atoms with Crippen LogP contribution in [0.25, 0.3) is 31.2 Å². The summed E-state index contributed by atoms with van der Waals surface area (Å²) in [5.41, 5.74) is 5.74. The Balaban J connectivity index is 2.22. The molecule has 2 aromatic carbocycles. The first kappa shape index (κ1) is 11.3. The summed E-state index contributed by atoms with van der Waals surface area (Å²) < 4.78 is 6.76. The van der Waals surface area contributed by atoms with Crippen LogP contribution in [0.5, 0.6) is 0 Å². The summed E-state index contributed by atoms with van der Waals surface area (Å²) in [4.78, 5) is 32.7. The summed E-state index contributed by atoms with van der Waals surface area (Å²) in [6.45, 7) is 0. The van der Waals surface area contributed by atoms with Crippen molar-refractivity contribution in [3.05, 3.63) is 34.3 Å². The van der Waals surface area contributed by atoms with Gasteiger partial charge >= 0.3 is 11.9 Å². The number of aromatic nitrogens is 2. The lowest BCUT2D eigenvalue weighted by Gasteiger charge is -2.16. The molecular weight excluding hydrogens is 308 g/mol. The Kier molecular flexibility index (Phi) is 1.95. The minimum absolute atomic E-state index is 0.397. The van der Waals surface area contributed by atoms with E-state index in [1.165, 1.54) is 22.7 Å². The van der Waals surface area contributed by atoms with E-state index < -0.39 is 11.9 Å². The van der Waals surface area contributed by atoms with Crippen molar-refractivity contribution in [2.45, 2.75) is 0 Å². The van der Waals surface area contributed by atoms with Crippen molar-refractivity contribution >= 4 is 65.8 Å². The average Bonchev–Trinajstić information content (AvgIpc) is 3.11. The quantitative estimate of drug-likeness (QED) is 0.368. The Labute approximate surface area is 124 Å². The summed E-state index contributed by atoms with van der Waals surface area (Å²) in [5, 5.41) is 1.54. The van der Waals surface area contributed by atoms with Crippen LogP contribution < -0.4 is 0 Å². The van der Waals surface area contributed by atoms with Gasteiger partial charge in [-0.1, -0.05) is 0 Å². The third-order valence-corrected chi connectivity index (χ3v) is 5.34. The van der Waals surface area contributed by atoms with Gasteiger partial charge in [-0.2, -0.15) is 0 Å². The summed E-state index contributed by atoms with van der Waals surface area (Å²) in [6.07, 6.45) is 0. The van der Waals surface area contributed by atoms with E-state index in [9.17, 15) is 9.59 Å². The maximum Gasteiger partial charge on any atom is 0.346 e. The number of ether oxygens (including phenoxy) is 1. The molecule has 0 N–H and O–H groups in total. The summed E-state index contributed by atoms with van der Waals surface area (Å²) in [5.74, 6) is -1.23. The van der Waals surface area contributed by atoms with Crippen LogP contribution in [-0.2, 0) is 4.74 Å². The maximum absolute atomic E-state index is 12.0. The number of hydrogen-bond donors (Lipinski definition) is 0. The van der Waals surface area contributed by atoms with E-state index in [4.69, 9.17) is 4.74 Å². The van der Waals surface area contributed by atoms with E-state index in [2.05, 4.69) is 9.97 Å². The Morgan fingerprint density at radius 3 is 1.86 bits per heavy atom. The SMILES string of the molecule is O=C1OC(=O)c2cc3ncsc3c3c2c1cc1ncsc13. The molecule has 2 aromatic heterocycles. The lowest BCUT2D eigenvalue weighted by Crippen LogP contribution is -2.19. The van der Waals surface area contributed by atoms with Crippen molar-refractivity contribution in [1.82, 2.24) is 9.97 Å². The molecule has 1 aliphatic rings. The van der Waals surface area contributed by atoms with Crippen LogP contribution in [0.1, 0.15) is 20.7 Å². The highest BCUT2D eigenvalue weighted by molar-refractivity contribution is 7.21. The number of hydrogen-bond acceptors (Lipinski definition) is 7. The highest BCUT2D eigenvalue weighted by Gasteiger charge is 2.30. The summed E-state index contributed by atoms with van der Waals surface area (Å²) in [7, 11) is 0. The van der Waals surface area contributed by atoms with E-state index in [0.717, 1.165) is 25.8 Å². The number of fused-ring (bicyclic) bond motifs is 4. The van der Waals surface area contributed by atoms with E-state index in [1.54, 1.807) is 23.2 Å². The molecule has 0 bridgehead atoms. The van der Waals surface area contributed by atoms with E-state index in [-0.39, 0.29) is 0 Å². The van der Waals surface area contributed by atoms with Crippen LogP contribution in [0.2, 0.25) is 0 Å². The monoisotopic (exact) mass is 312 g/mol. The molecule has 5 nitrogen and oxygen atoms in total. The van der Waals surface area contributed by atoms with Gasteiger partial charge in [-0.25, -0.2) is 19.6 Å². The molecule has 7 heteroatoms. The van der Waals surface area contributed by atoms with E-state index in [1.807, 2.05) is 0 Å². The number of nitrogens with zero attached hydrogens (tertiary/aromatic N) is 2. The van der Waals surface area contributed by atoms with Gasteiger partial charge in [0.15, 0.2) is 0 Å². The largest absolute Gasteiger partial charge is 0.386 e. The van der Waals surface area contributed by atoms with Crippen LogP contribution in [0, 0.1) is 0 Å². The molecular formula is C14H4N2O3S2. The molecule has 0 spiro atoms. The van der Waals surface area contributed by atoms with Crippen molar-refractivity contribution in [2.24, 2.45) is 0 Å². The minimum Gasteiger partial charge on any atom is -0.386 e. The lowest BCUT2D eigenvalue weighted by atomic mass is 9.96. The van der Waals surface area contributed by atoms with Crippen LogP contribution in [0.15, 0.2) is 23.2 Å². The molecule has 0 amide bonds. The van der Waals surface area contributed by atoms with Gasteiger partial charge in [-0.3, -0.25) is 0 Å². The number of rotatable bonds is 0. The molecule has 5 rings (SSSR count). The molecule has 0 fully saturated rings. The van der Waals surface area contributed by atoms with Crippen molar-refractivity contribution in [1.29, 1.82) is 0 Å². The zero-order valence-corrected chi connectivity index (χ0v) is 11.9. The molecule has 0 atom stereocenters. The van der Waals surface area contributed by atoms with Crippen molar-refractivity contribution in [2.75, 3.05) is 0 Å². The molecule has 1 aliphatic heterocycles. The number of carbonyl (C=O) groups is 2. The lowest BCUT2D eigenvalue weighted by molar-refractivity contribution is 0.0391. The van der Waals surface area contributed by atoms with Crippen LogP contribution in [-0.4, -0.2) is 21.9 Å². The number of thiazole rings is 2. The molecule has 0 aliphatic carbocycles. The predicted molar refractivity (Wildman–Crippen MR) is 80.1 cm³/mol. The molecule has 3 heterocycles. The maximum atomic E-state index is 12.0. The van der Waals surface area contributed by atoms with Crippen molar-refractivity contribution < 1.29 is 14.3 Å². The summed E-state index contributed by atoms with van der Waals surface area (Å²) >= 11 is 2.99. The Bertz CT molecular complexity index is 1030. The Morgan fingerprint density at radius 2 is 1.33 bits per heavy atom. The van der Waals surface area contributed by atoms with Crippen LogP contribution >= 0.6 is 22.7 Å². The normalized spacial score (nSPS) is 14.3. The van der Waals surface area contributed by atoms with Crippen molar-refractivity contribution in [3.8, 4) is 0 Å². The first-order chi connectivity index (χ1) is 10.2. The molecule has 100 valence electrons. The first-order valence-electron chi connectivity index (χ1n) is 6.06. The highest BCUT2D eigenvalue weighted by atomic mass is 32.1. The molecule has 0 radical (unpaired) electrons. The summed E-state index contributed by atoms with van der Waals surface area (Å²) in [6, 6.07) is 3.39. The van der Waals surface area contributed by atoms with Gasteiger partial charge in [0.1, 0.15) is 0 Å².